The summed E-state index contributed by atoms with van der Waals surface area (Å²) < 4.78 is 5.71. The Morgan fingerprint density at radius 3 is 2.63 bits per heavy atom. The number of phenolic OH excluding ortho intramolecular Hbond substituents is 1. The van der Waals surface area contributed by atoms with Crippen LogP contribution in [-0.4, -0.2) is 11.7 Å². The van der Waals surface area contributed by atoms with Crippen molar-refractivity contribution >= 4 is 5.69 Å². The molecule has 2 unspecified atom stereocenters. The topological polar surface area (TPSA) is 55.5 Å². The first-order valence-electron chi connectivity index (χ1n) is 6.46. The van der Waals surface area contributed by atoms with Gasteiger partial charge in [0.2, 0.25) is 0 Å². The van der Waals surface area contributed by atoms with Crippen molar-refractivity contribution in [3.63, 3.8) is 0 Å². The summed E-state index contributed by atoms with van der Waals surface area (Å²) in [7, 11) is 0. The maximum absolute atomic E-state index is 9.55. The maximum Gasteiger partial charge on any atom is 0.126 e. The van der Waals surface area contributed by atoms with Crippen molar-refractivity contribution in [2.45, 2.75) is 12.8 Å². The van der Waals surface area contributed by atoms with Crippen LogP contribution in [0.15, 0.2) is 42.5 Å². The van der Waals surface area contributed by atoms with Crippen LogP contribution in [0.25, 0.3) is 0 Å². The maximum atomic E-state index is 9.55. The monoisotopic (exact) mass is 255 g/mol. The number of benzene rings is 2. The molecule has 3 N–H and O–H groups in total. The molecule has 0 bridgehead atoms. The van der Waals surface area contributed by atoms with Crippen LogP contribution < -0.4 is 10.5 Å². The number of ether oxygens (including phenoxy) is 1. The Balaban J connectivity index is 2.08. The van der Waals surface area contributed by atoms with Gasteiger partial charge in [-0.3, -0.25) is 0 Å². The molecule has 3 nitrogen and oxygen atoms in total. The Morgan fingerprint density at radius 2 is 1.89 bits per heavy atom. The molecule has 1 heterocycles. The van der Waals surface area contributed by atoms with Gasteiger partial charge in [-0.15, -0.1) is 0 Å². The van der Waals surface area contributed by atoms with Gasteiger partial charge in [0.15, 0.2) is 0 Å². The van der Waals surface area contributed by atoms with Gasteiger partial charge in [-0.2, -0.15) is 0 Å². The lowest BCUT2D eigenvalue weighted by molar-refractivity contribution is 0.217. The molecule has 0 saturated heterocycles. The van der Waals surface area contributed by atoms with Crippen LogP contribution in [0.5, 0.6) is 11.5 Å². The van der Waals surface area contributed by atoms with Crippen molar-refractivity contribution < 1.29 is 9.84 Å². The second-order valence-electron chi connectivity index (χ2n) is 5.15. The second-order valence-corrected chi connectivity index (χ2v) is 5.15. The zero-order valence-electron chi connectivity index (χ0n) is 10.8. The number of rotatable bonds is 1. The van der Waals surface area contributed by atoms with Crippen LogP contribution in [0, 0.1) is 5.92 Å². The molecule has 0 aromatic heterocycles. The molecule has 0 saturated carbocycles. The molecule has 2 aromatic rings. The number of anilines is 1. The fourth-order valence-corrected chi connectivity index (χ4v) is 2.74. The van der Waals surface area contributed by atoms with Gasteiger partial charge in [0.05, 0.1) is 6.61 Å². The Morgan fingerprint density at radius 1 is 1.16 bits per heavy atom. The van der Waals surface area contributed by atoms with Crippen LogP contribution in [0.2, 0.25) is 0 Å². The molecule has 0 fully saturated rings. The molecule has 0 spiro atoms. The summed E-state index contributed by atoms with van der Waals surface area (Å²) in [5.41, 5.74) is 8.88. The fraction of sp³-hybridized carbons (Fsp3) is 0.250. The second kappa shape index (κ2) is 4.50. The third-order valence-corrected chi connectivity index (χ3v) is 3.70. The first kappa shape index (κ1) is 11.9. The first-order chi connectivity index (χ1) is 9.15. The molecule has 19 heavy (non-hydrogen) atoms. The Kier molecular flexibility index (Phi) is 2.82. The van der Waals surface area contributed by atoms with E-state index in [2.05, 4.69) is 19.1 Å². The third-order valence-electron chi connectivity index (χ3n) is 3.70. The standard InChI is InChI=1S/C16H17NO2/c1-10-9-19-15-8-13(18)6-7-14(15)16(10)11-2-4-12(17)5-3-11/h2-8,10,16,18H,9,17H2,1H3. The predicted molar refractivity (Wildman–Crippen MR) is 75.5 cm³/mol. The molecule has 2 atom stereocenters. The number of hydrogen-bond donors (Lipinski definition) is 2. The van der Waals surface area contributed by atoms with Crippen LogP contribution in [0.3, 0.4) is 0 Å². The quantitative estimate of drug-likeness (QED) is 0.770. The Labute approximate surface area is 112 Å². The van der Waals surface area contributed by atoms with Gasteiger partial charge in [-0.25, -0.2) is 0 Å². The van der Waals surface area contributed by atoms with Crippen molar-refractivity contribution in [2.75, 3.05) is 12.3 Å². The lowest BCUT2D eigenvalue weighted by atomic mass is 9.80. The normalized spacial score (nSPS) is 21.5. The first-order valence-corrected chi connectivity index (χ1v) is 6.46. The molecule has 1 aliphatic heterocycles. The summed E-state index contributed by atoms with van der Waals surface area (Å²) in [6.07, 6.45) is 0. The van der Waals surface area contributed by atoms with E-state index in [0.29, 0.717) is 12.5 Å². The van der Waals surface area contributed by atoms with Crippen molar-refractivity contribution in [3.8, 4) is 11.5 Å². The van der Waals surface area contributed by atoms with Crippen molar-refractivity contribution in [3.05, 3.63) is 53.6 Å². The van der Waals surface area contributed by atoms with E-state index in [9.17, 15) is 5.11 Å². The highest BCUT2D eigenvalue weighted by Gasteiger charge is 2.29. The Bertz CT molecular complexity index is 592. The predicted octanol–water partition coefficient (Wildman–Crippen LogP) is 3.13. The van der Waals surface area contributed by atoms with Crippen LogP contribution in [0.4, 0.5) is 5.69 Å². The van der Waals surface area contributed by atoms with Crippen LogP contribution in [-0.2, 0) is 0 Å². The van der Waals surface area contributed by atoms with E-state index in [1.54, 1.807) is 12.1 Å². The molecular formula is C16H17NO2. The van der Waals surface area contributed by atoms with Crippen LogP contribution >= 0.6 is 0 Å². The summed E-state index contributed by atoms with van der Waals surface area (Å²) in [5.74, 6) is 1.69. The van der Waals surface area contributed by atoms with Crippen molar-refractivity contribution in [1.29, 1.82) is 0 Å². The number of phenols is 1. The summed E-state index contributed by atoms with van der Waals surface area (Å²) in [6.45, 7) is 2.84. The van der Waals surface area contributed by atoms with E-state index in [1.165, 1.54) is 5.56 Å². The average Bonchev–Trinajstić information content (AvgIpc) is 2.40. The van der Waals surface area contributed by atoms with E-state index in [1.807, 2.05) is 18.2 Å². The molecule has 3 heteroatoms. The third kappa shape index (κ3) is 2.12. The minimum atomic E-state index is 0.240. The van der Waals surface area contributed by atoms with Gasteiger partial charge in [0.25, 0.3) is 0 Å². The summed E-state index contributed by atoms with van der Waals surface area (Å²) >= 11 is 0. The van der Waals surface area contributed by atoms with E-state index < -0.39 is 0 Å². The smallest absolute Gasteiger partial charge is 0.126 e. The number of nitrogen functional groups attached to an aromatic ring is 1. The molecule has 0 aliphatic carbocycles. The van der Waals surface area contributed by atoms with Crippen LogP contribution in [0.1, 0.15) is 24.0 Å². The van der Waals surface area contributed by atoms with Gasteiger partial charge in [0, 0.05) is 29.2 Å². The van der Waals surface area contributed by atoms with Gasteiger partial charge < -0.3 is 15.6 Å². The minimum Gasteiger partial charge on any atom is -0.508 e. The molecule has 0 radical (unpaired) electrons. The lowest BCUT2D eigenvalue weighted by Gasteiger charge is -2.32. The number of aromatic hydroxyl groups is 1. The number of hydrogen-bond acceptors (Lipinski definition) is 3. The van der Waals surface area contributed by atoms with Gasteiger partial charge in [0.1, 0.15) is 11.5 Å². The number of nitrogens with two attached hydrogens (primary N) is 1. The molecule has 0 amide bonds. The van der Waals surface area contributed by atoms with E-state index >= 15 is 0 Å². The van der Waals surface area contributed by atoms with Gasteiger partial charge in [-0.1, -0.05) is 25.1 Å². The van der Waals surface area contributed by atoms with Gasteiger partial charge in [-0.05, 0) is 23.8 Å². The molecular weight excluding hydrogens is 238 g/mol. The Hall–Kier alpha value is -2.16. The molecule has 2 aromatic carbocycles. The minimum absolute atomic E-state index is 0.240. The highest BCUT2D eigenvalue weighted by Crippen LogP contribution is 2.42. The van der Waals surface area contributed by atoms with Crippen molar-refractivity contribution in [1.82, 2.24) is 0 Å². The van der Waals surface area contributed by atoms with E-state index in [4.69, 9.17) is 10.5 Å². The zero-order chi connectivity index (χ0) is 13.4. The lowest BCUT2D eigenvalue weighted by Crippen LogP contribution is -2.24. The largest absolute Gasteiger partial charge is 0.508 e. The van der Waals surface area contributed by atoms with E-state index in [0.717, 1.165) is 17.0 Å². The molecule has 1 aliphatic rings. The fourth-order valence-electron chi connectivity index (χ4n) is 2.74. The van der Waals surface area contributed by atoms with Gasteiger partial charge >= 0.3 is 0 Å². The van der Waals surface area contributed by atoms with E-state index in [-0.39, 0.29) is 11.7 Å². The summed E-state index contributed by atoms with van der Waals surface area (Å²) in [5, 5.41) is 9.55. The highest BCUT2D eigenvalue weighted by atomic mass is 16.5. The van der Waals surface area contributed by atoms with Crippen molar-refractivity contribution in [2.24, 2.45) is 5.92 Å². The molecule has 3 rings (SSSR count). The average molecular weight is 255 g/mol. The summed E-state index contributed by atoms with van der Waals surface area (Å²) in [6, 6.07) is 13.3. The SMILES string of the molecule is CC1COc2cc(O)ccc2C1c1ccc(N)cc1. The molecule has 98 valence electrons. The summed E-state index contributed by atoms with van der Waals surface area (Å²) in [4.78, 5) is 0. The zero-order valence-corrected chi connectivity index (χ0v) is 10.8. The number of fused-ring (bicyclic) bond motifs is 1. The highest BCUT2D eigenvalue weighted by molar-refractivity contribution is 5.49.